The topological polar surface area (TPSA) is 20.7 Å². The molecule has 1 aromatic carbocycles. The fraction of sp³-hybridized carbons (Fsp3) is 0.294. The van der Waals surface area contributed by atoms with Crippen molar-refractivity contribution in [2.45, 2.75) is 32.2 Å². The lowest BCUT2D eigenvalue weighted by Gasteiger charge is -2.24. The molecule has 1 unspecified atom stereocenters. The Morgan fingerprint density at radius 3 is 2.89 bits per heavy atom. The highest BCUT2D eigenvalue weighted by Crippen LogP contribution is 2.37. The van der Waals surface area contributed by atoms with Crippen LogP contribution in [0.3, 0.4) is 0 Å². The average molecular weight is 250 g/mol. The van der Waals surface area contributed by atoms with Gasteiger partial charge in [0, 0.05) is 29.0 Å². The monoisotopic (exact) mass is 250 g/mol. The summed E-state index contributed by atoms with van der Waals surface area (Å²) in [4.78, 5) is 3.66. The molecular formula is C17H18N2. The Morgan fingerprint density at radius 1 is 1.21 bits per heavy atom. The van der Waals surface area contributed by atoms with Gasteiger partial charge in [-0.05, 0) is 56.0 Å². The van der Waals surface area contributed by atoms with E-state index in [0.29, 0.717) is 6.04 Å². The Kier molecular flexibility index (Phi) is 2.31. The van der Waals surface area contributed by atoms with Crippen molar-refractivity contribution in [2.75, 3.05) is 0 Å². The second-order valence-corrected chi connectivity index (χ2v) is 5.60. The average Bonchev–Trinajstić information content (AvgIpc) is 3.05. The van der Waals surface area contributed by atoms with E-state index in [0.717, 1.165) is 0 Å². The third-order valence-corrected chi connectivity index (χ3v) is 4.32. The van der Waals surface area contributed by atoms with Crippen LogP contribution in [0.5, 0.6) is 0 Å². The van der Waals surface area contributed by atoms with Crippen molar-refractivity contribution < 1.29 is 0 Å². The van der Waals surface area contributed by atoms with E-state index >= 15 is 0 Å². The highest BCUT2D eigenvalue weighted by Gasteiger charge is 2.24. The highest BCUT2D eigenvalue weighted by atomic mass is 15.0. The predicted octanol–water partition coefficient (Wildman–Crippen LogP) is 4.20. The van der Waals surface area contributed by atoms with Crippen molar-refractivity contribution in [2.24, 2.45) is 0 Å². The number of nitrogens with zero attached hydrogens (tertiary/aromatic N) is 1. The maximum absolute atomic E-state index is 3.66. The van der Waals surface area contributed by atoms with Gasteiger partial charge >= 0.3 is 0 Å². The normalized spacial score (nSPS) is 18.7. The zero-order chi connectivity index (χ0) is 12.8. The summed E-state index contributed by atoms with van der Waals surface area (Å²) in [5.41, 5.74) is 5.58. The molecule has 2 heteroatoms. The van der Waals surface area contributed by atoms with Crippen LogP contribution in [-0.2, 0) is 6.42 Å². The second-order valence-electron chi connectivity index (χ2n) is 5.60. The Labute approximate surface area is 113 Å². The van der Waals surface area contributed by atoms with Crippen molar-refractivity contribution in [3.63, 3.8) is 0 Å². The zero-order valence-corrected chi connectivity index (χ0v) is 11.2. The molecule has 0 bridgehead atoms. The fourth-order valence-corrected chi connectivity index (χ4v) is 3.41. The Bertz CT molecular complexity index is 719. The van der Waals surface area contributed by atoms with Crippen molar-refractivity contribution in [3.05, 3.63) is 59.5 Å². The van der Waals surface area contributed by atoms with Crippen LogP contribution >= 0.6 is 0 Å². The first-order chi connectivity index (χ1) is 9.33. The summed E-state index contributed by atoms with van der Waals surface area (Å²) in [6, 6.07) is 11.4. The molecule has 2 aromatic heterocycles. The summed E-state index contributed by atoms with van der Waals surface area (Å²) < 4.78 is 2.33. The third kappa shape index (κ3) is 1.63. The molecule has 96 valence electrons. The van der Waals surface area contributed by atoms with E-state index in [1.807, 2.05) is 0 Å². The maximum Gasteiger partial charge on any atom is 0.0732 e. The second kappa shape index (κ2) is 4.02. The lowest BCUT2D eigenvalue weighted by molar-refractivity contribution is 0.484. The van der Waals surface area contributed by atoms with Crippen molar-refractivity contribution in [3.8, 4) is 0 Å². The molecule has 0 radical (unpaired) electrons. The summed E-state index contributed by atoms with van der Waals surface area (Å²) in [6.07, 6.45) is 8.06. The van der Waals surface area contributed by atoms with E-state index in [-0.39, 0.29) is 0 Å². The molecule has 0 spiro atoms. The van der Waals surface area contributed by atoms with Gasteiger partial charge < -0.3 is 9.55 Å². The first-order valence-corrected chi connectivity index (χ1v) is 7.06. The minimum atomic E-state index is 0.478. The van der Waals surface area contributed by atoms with Crippen LogP contribution in [0, 0.1) is 6.92 Å². The molecule has 19 heavy (non-hydrogen) atoms. The lowest BCUT2D eigenvalue weighted by Crippen LogP contribution is -2.15. The van der Waals surface area contributed by atoms with Gasteiger partial charge in [0.15, 0.2) is 0 Å². The van der Waals surface area contributed by atoms with Gasteiger partial charge in [0.05, 0.1) is 6.04 Å². The molecule has 0 saturated carbocycles. The molecule has 1 aliphatic carbocycles. The number of H-pyrrole nitrogens is 1. The third-order valence-electron chi connectivity index (χ3n) is 4.32. The smallest absolute Gasteiger partial charge is 0.0732 e. The van der Waals surface area contributed by atoms with Crippen LogP contribution in [0.4, 0.5) is 0 Å². The van der Waals surface area contributed by atoms with Crippen LogP contribution in [-0.4, -0.2) is 9.55 Å². The van der Waals surface area contributed by atoms with Gasteiger partial charge in [-0.25, -0.2) is 0 Å². The van der Waals surface area contributed by atoms with Gasteiger partial charge in [-0.15, -0.1) is 0 Å². The van der Waals surface area contributed by atoms with Gasteiger partial charge in [-0.3, -0.25) is 0 Å². The minimum Gasteiger partial charge on any atom is -0.356 e. The minimum absolute atomic E-state index is 0.478. The number of aromatic amines is 1. The molecule has 4 rings (SSSR count). The molecule has 2 heterocycles. The molecule has 0 aliphatic heterocycles. The van der Waals surface area contributed by atoms with Gasteiger partial charge in [0.2, 0.25) is 0 Å². The van der Waals surface area contributed by atoms with Crippen molar-refractivity contribution >= 4 is 10.9 Å². The summed E-state index contributed by atoms with van der Waals surface area (Å²) in [7, 11) is 0. The SMILES string of the molecule is Cc1ccc2[nH]c3c(c2c1)CCCC3n1cccc1. The Balaban J connectivity index is 1.94. The maximum atomic E-state index is 3.66. The highest BCUT2D eigenvalue weighted by molar-refractivity contribution is 5.85. The van der Waals surface area contributed by atoms with Crippen LogP contribution in [0.1, 0.15) is 35.7 Å². The van der Waals surface area contributed by atoms with E-state index < -0.39 is 0 Å². The summed E-state index contributed by atoms with van der Waals surface area (Å²) in [5, 5.41) is 1.42. The standard InChI is InChI=1S/C17H18N2/c1-12-7-8-15-14(11-12)13-5-4-6-16(17(13)18-15)19-9-2-3-10-19/h2-3,7-11,16,18H,4-6H2,1H3. The molecule has 3 aromatic rings. The van der Waals surface area contributed by atoms with Crippen molar-refractivity contribution in [1.29, 1.82) is 0 Å². The van der Waals surface area contributed by atoms with Gasteiger partial charge in [-0.1, -0.05) is 11.6 Å². The molecule has 1 aliphatic rings. The molecular weight excluding hydrogens is 232 g/mol. The number of rotatable bonds is 1. The Morgan fingerprint density at radius 2 is 2.05 bits per heavy atom. The Hall–Kier alpha value is -1.96. The molecule has 2 nitrogen and oxygen atoms in total. The van der Waals surface area contributed by atoms with Crippen LogP contribution in [0.25, 0.3) is 10.9 Å². The molecule has 1 atom stereocenters. The van der Waals surface area contributed by atoms with Gasteiger partial charge in [0.25, 0.3) is 0 Å². The summed E-state index contributed by atoms with van der Waals surface area (Å²) >= 11 is 0. The number of fused-ring (bicyclic) bond motifs is 3. The fourth-order valence-electron chi connectivity index (χ4n) is 3.41. The number of benzene rings is 1. The van der Waals surface area contributed by atoms with Gasteiger partial charge in [-0.2, -0.15) is 0 Å². The molecule has 0 amide bonds. The molecule has 0 fully saturated rings. The van der Waals surface area contributed by atoms with Crippen molar-refractivity contribution in [1.82, 2.24) is 9.55 Å². The van der Waals surface area contributed by atoms with E-state index in [1.165, 1.54) is 47.0 Å². The molecule has 0 saturated heterocycles. The van der Waals surface area contributed by atoms with E-state index in [9.17, 15) is 0 Å². The number of aryl methyl sites for hydroxylation is 2. The number of nitrogens with one attached hydrogen (secondary N) is 1. The first kappa shape index (κ1) is 10.9. The van der Waals surface area contributed by atoms with Gasteiger partial charge in [0.1, 0.15) is 0 Å². The predicted molar refractivity (Wildman–Crippen MR) is 78.5 cm³/mol. The zero-order valence-electron chi connectivity index (χ0n) is 11.2. The van der Waals surface area contributed by atoms with Crippen LogP contribution in [0.2, 0.25) is 0 Å². The summed E-state index contributed by atoms with van der Waals surface area (Å²) in [6.45, 7) is 2.17. The van der Waals surface area contributed by atoms with E-state index in [2.05, 4.69) is 59.2 Å². The van der Waals surface area contributed by atoms with Crippen LogP contribution in [0.15, 0.2) is 42.7 Å². The lowest BCUT2D eigenvalue weighted by atomic mass is 9.91. The number of hydrogen-bond acceptors (Lipinski definition) is 0. The summed E-state index contributed by atoms with van der Waals surface area (Å²) in [5.74, 6) is 0. The largest absolute Gasteiger partial charge is 0.356 e. The molecule has 1 N–H and O–H groups in total. The van der Waals surface area contributed by atoms with E-state index in [1.54, 1.807) is 0 Å². The number of aromatic nitrogens is 2. The van der Waals surface area contributed by atoms with E-state index in [4.69, 9.17) is 0 Å². The number of hydrogen-bond donors (Lipinski definition) is 1. The first-order valence-electron chi connectivity index (χ1n) is 7.06. The van der Waals surface area contributed by atoms with Crippen LogP contribution < -0.4 is 0 Å². The quantitative estimate of drug-likeness (QED) is 0.668.